The van der Waals surface area contributed by atoms with Gasteiger partial charge >= 0.3 is 0 Å². The monoisotopic (exact) mass is 351 g/mol. The summed E-state index contributed by atoms with van der Waals surface area (Å²) in [5.74, 6) is 1.44. The average molecular weight is 352 g/mol. The van der Waals surface area contributed by atoms with Crippen LogP contribution in [0.2, 0.25) is 0 Å². The van der Waals surface area contributed by atoms with Gasteiger partial charge in [0.25, 0.3) is 0 Å². The number of para-hydroxylation sites is 1. The number of halogens is 1. The Labute approximate surface area is 132 Å². The number of phenols is 1. The van der Waals surface area contributed by atoms with E-state index >= 15 is 0 Å². The molecule has 0 aromatic heterocycles. The molecule has 0 spiro atoms. The van der Waals surface area contributed by atoms with Crippen molar-refractivity contribution in [2.24, 2.45) is 0 Å². The van der Waals surface area contributed by atoms with E-state index < -0.39 is 0 Å². The molecule has 0 amide bonds. The fraction of sp³-hybridized carbons (Fsp3) is 0.250. The highest BCUT2D eigenvalue weighted by Crippen LogP contribution is 2.32. The van der Waals surface area contributed by atoms with Gasteiger partial charge in [-0.1, -0.05) is 12.1 Å². The zero-order valence-corrected chi connectivity index (χ0v) is 13.6. The van der Waals surface area contributed by atoms with Crippen LogP contribution in [0.25, 0.3) is 0 Å². The summed E-state index contributed by atoms with van der Waals surface area (Å²) >= 11 is 3.49. The van der Waals surface area contributed by atoms with E-state index in [-0.39, 0.29) is 5.75 Å². The molecule has 4 nitrogen and oxygen atoms in total. The average Bonchev–Trinajstić information content (AvgIpc) is 2.50. The minimum absolute atomic E-state index is 0.172. The Morgan fingerprint density at radius 2 is 2.05 bits per heavy atom. The van der Waals surface area contributed by atoms with Crippen LogP contribution in [0, 0.1) is 0 Å². The van der Waals surface area contributed by atoms with Crippen LogP contribution in [0.15, 0.2) is 40.9 Å². The lowest BCUT2D eigenvalue weighted by Crippen LogP contribution is -2.02. The van der Waals surface area contributed by atoms with Crippen LogP contribution in [0.3, 0.4) is 0 Å². The van der Waals surface area contributed by atoms with Crippen LogP contribution < -0.4 is 14.8 Å². The van der Waals surface area contributed by atoms with Crippen LogP contribution in [0.4, 0.5) is 5.69 Å². The summed E-state index contributed by atoms with van der Waals surface area (Å²) in [7, 11) is 1.63. The molecule has 5 heteroatoms. The van der Waals surface area contributed by atoms with Crippen LogP contribution in [-0.2, 0) is 6.54 Å². The van der Waals surface area contributed by atoms with E-state index in [0.717, 1.165) is 21.5 Å². The van der Waals surface area contributed by atoms with E-state index in [1.165, 1.54) is 0 Å². The van der Waals surface area contributed by atoms with E-state index in [0.29, 0.717) is 18.9 Å². The van der Waals surface area contributed by atoms with Gasteiger partial charge in [-0.3, -0.25) is 0 Å². The number of rotatable bonds is 6. The Balaban J connectivity index is 2.15. The molecule has 2 rings (SSSR count). The number of nitrogens with one attached hydrogen (secondary N) is 1. The lowest BCUT2D eigenvalue weighted by molar-refractivity contribution is 0.317. The molecule has 0 bridgehead atoms. The van der Waals surface area contributed by atoms with Crippen molar-refractivity contribution in [1.29, 1.82) is 0 Å². The second-order valence-corrected chi connectivity index (χ2v) is 5.25. The van der Waals surface area contributed by atoms with E-state index in [9.17, 15) is 5.11 Å². The molecule has 0 radical (unpaired) electrons. The van der Waals surface area contributed by atoms with Crippen molar-refractivity contribution >= 4 is 21.6 Å². The first kappa shape index (κ1) is 15.5. The van der Waals surface area contributed by atoms with Crippen molar-refractivity contribution in [2.75, 3.05) is 19.0 Å². The topological polar surface area (TPSA) is 50.7 Å². The summed E-state index contributed by atoms with van der Waals surface area (Å²) in [6, 6.07) is 11.2. The molecule has 2 aromatic rings. The van der Waals surface area contributed by atoms with Gasteiger partial charge in [0.2, 0.25) is 0 Å². The normalized spacial score (nSPS) is 10.2. The predicted octanol–water partition coefficient (Wildman–Crippen LogP) is 4.17. The first-order chi connectivity index (χ1) is 10.2. The predicted molar refractivity (Wildman–Crippen MR) is 87.3 cm³/mol. The third kappa shape index (κ3) is 3.82. The number of methoxy groups -OCH3 is 1. The SMILES string of the molecule is CCOc1cccc(CNc2cc(OC)ccc2Br)c1O. The second-order valence-electron chi connectivity index (χ2n) is 4.40. The molecule has 0 aliphatic heterocycles. The van der Waals surface area contributed by atoms with Gasteiger partial charge in [0.15, 0.2) is 11.5 Å². The number of ether oxygens (including phenoxy) is 2. The fourth-order valence-electron chi connectivity index (χ4n) is 1.94. The second kappa shape index (κ2) is 7.22. The zero-order valence-electron chi connectivity index (χ0n) is 12.0. The summed E-state index contributed by atoms with van der Waals surface area (Å²) in [6.07, 6.45) is 0. The number of aromatic hydroxyl groups is 1. The maximum absolute atomic E-state index is 10.2. The minimum Gasteiger partial charge on any atom is -0.504 e. The molecule has 112 valence electrons. The lowest BCUT2D eigenvalue weighted by Gasteiger charge is -2.13. The first-order valence-corrected chi connectivity index (χ1v) is 7.46. The summed E-state index contributed by atoms with van der Waals surface area (Å²) in [6.45, 7) is 2.89. The highest BCUT2D eigenvalue weighted by molar-refractivity contribution is 9.10. The van der Waals surface area contributed by atoms with Gasteiger partial charge in [0.05, 0.1) is 19.4 Å². The number of hydrogen-bond donors (Lipinski definition) is 2. The van der Waals surface area contributed by atoms with E-state index in [2.05, 4.69) is 21.2 Å². The molecule has 0 unspecified atom stereocenters. The molecule has 0 saturated heterocycles. The molecule has 0 aliphatic rings. The first-order valence-electron chi connectivity index (χ1n) is 6.66. The van der Waals surface area contributed by atoms with Gasteiger partial charge in [-0.05, 0) is 41.1 Å². The van der Waals surface area contributed by atoms with Gasteiger partial charge in [-0.15, -0.1) is 0 Å². The highest BCUT2D eigenvalue weighted by atomic mass is 79.9. The third-order valence-corrected chi connectivity index (χ3v) is 3.72. The Kier molecular flexibility index (Phi) is 5.33. The highest BCUT2D eigenvalue weighted by Gasteiger charge is 2.08. The van der Waals surface area contributed by atoms with Gasteiger partial charge in [-0.25, -0.2) is 0 Å². The molecule has 0 aliphatic carbocycles. The Bertz CT molecular complexity index is 616. The third-order valence-electron chi connectivity index (χ3n) is 3.03. The van der Waals surface area contributed by atoms with Crippen LogP contribution in [0.1, 0.15) is 12.5 Å². The van der Waals surface area contributed by atoms with Gasteiger partial charge in [-0.2, -0.15) is 0 Å². The number of phenolic OH excluding ortho intramolecular Hbond substituents is 1. The van der Waals surface area contributed by atoms with Gasteiger partial charge in [0, 0.05) is 22.6 Å². The van der Waals surface area contributed by atoms with Crippen LogP contribution >= 0.6 is 15.9 Å². The Hall–Kier alpha value is -1.88. The standard InChI is InChI=1S/C16H18BrNO3/c1-3-21-15-6-4-5-11(16(15)19)10-18-14-9-12(20-2)7-8-13(14)17/h4-9,18-19H,3,10H2,1-2H3. The molecule has 0 fully saturated rings. The molecular weight excluding hydrogens is 334 g/mol. The lowest BCUT2D eigenvalue weighted by atomic mass is 10.1. The summed E-state index contributed by atoms with van der Waals surface area (Å²) in [5, 5.41) is 13.4. The van der Waals surface area contributed by atoms with Crippen molar-refractivity contribution in [3.05, 3.63) is 46.4 Å². The molecule has 2 aromatic carbocycles. The molecular formula is C16H18BrNO3. The van der Waals surface area contributed by atoms with E-state index in [1.807, 2.05) is 37.3 Å². The summed E-state index contributed by atoms with van der Waals surface area (Å²) < 4.78 is 11.5. The fourth-order valence-corrected chi connectivity index (χ4v) is 2.33. The van der Waals surface area contributed by atoms with Crippen molar-refractivity contribution in [3.63, 3.8) is 0 Å². The smallest absolute Gasteiger partial charge is 0.162 e. The van der Waals surface area contributed by atoms with E-state index in [4.69, 9.17) is 9.47 Å². The van der Waals surface area contributed by atoms with Crippen molar-refractivity contribution in [3.8, 4) is 17.2 Å². The summed E-state index contributed by atoms with van der Waals surface area (Å²) in [4.78, 5) is 0. The Morgan fingerprint density at radius 1 is 1.24 bits per heavy atom. The number of anilines is 1. The molecule has 2 N–H and O–H groups in total. The maximum Gasteiger partial charge on any atom is 0.162 e. The minimum atomic E-state index is 0.172. The molecule has 21 heavy (non-hydrogen) atoms. The van der Waals surface area contributed by atoms with Crippen molar-refractivity contribution < 1.29 is 14.6 Å². The van der Waals surface area contributed by atoms with E-state index in [1.54, 1.807) is 13.2 Å². The molecule has 0 atom stereocenters. The number of hydrogen-bond acceptors (Lipinski definition) is 4. The zero-order chi connectivity index (χ0) is 15.2. The van der Waals surface area contributed by atoms with Crippen LogP contribution in [0.5, 0.6) is 17.2 Å². The van der Waals surface area contributed by atoms with Crippen molar-refractivity contribution in [2.45, 2.75) is 13.5 Å². The summed E-state index contributed by atoms with van der Waals surface area (Å²) in [5.41, 5.74) is 1.67. The largest absolute Gasteiger partial charge is 0.504 e. The Morgan fingerprint density at radius 3 is 2.76 bits per heavy atom. The van der Waals surface area contributed by atoms with Gasteiger partial charge in [0.1, 0.15) is 5.75 Å². The van der Waals surface area contributed by atoms with Gasteiger partial charge < -0.3 is 19.9 Å². The van der Waals surface area contributed by atoms with Crippen LogP contribution in [-0.4, -0.2) is 18.8 Å². The molecule has 0 saturated carbocycles. The molecule has 0 heterocycles. The maximum atomic E-state index is 10.2. The quantitative estimate of drug-likeness (QED) is 0.819. The van der Waals surface area contributed by atoms with Crippen molar-refractivity contribution in [1.82, 2.24) is 0 Å². The number of benzene rings is 2.